The molecule has 0 amide bonds. The van der Waals surface area contributed by atoms with Crippen LogP contribution in [0.5, 0.6) is 0 Å². The summed E-state index contributed by atoms with van der Waals surface area (Å²) in [7, 11) is 4.00. The fourth-order valence-electron chi connectivity index (χ4n) is 1.96. The molecular weight excluding hydrogens is 200 g/mol. The molecule has 4 heteroatoms. The van der Waals surface area contributed by atoms with Crippen molar-refractivity contribution in [1.29, 1.82) is 0 Å². The molecule has 16 heavy (non-hydrogen) atoms. The minimum Gasteiger partial charge on any atom is -0.373 e. The molecule has 1 aromatic heterocycles. The van der Waals surface area contributed by atoms with Gasteiger partial charge in [-0.25, -0.2) is 9.97 Å². The quantitative estimate of drug-likeness (QED) is 0.843. The van der Waals surface area contributed by atoms with Crippen molar-refractivity contribution in [1.82, 2.24) is 9.97 Å². The molecule has 88 valence electrons. The molecule has 1 saturated carbocycles. The summed E-state index contributed by atoms with van der Waals surface area (Å²) in [6, 6.07) is 2.57. The van der Waals surface area contributed by atoms with Crippen LogP contribution < -0.4 is 10.2 Å². The number of nitrogens with one attached hydrogen (secondary N) is 1. The Kier molecular flexibility index (Phi) is 2.99. The van der Waals surface area contributed by atoms with Crippen LogP contribution in [0.4, 0.5) is 11.6 Å². The molecule has 2 rings (SSSR count). The monoisotopic (exact) mass is 220 g/mol. The second-order valence-corrected chi connectivity index (χ2v) is 4.60. The largest absolute Gasteiger partial charge is 0.373 e. The van der Waals surface area contributed by atoms with Gasteiger partial charge < -0.3 is 10.2 Å². The van der Waals surface area contributed by atoms with Crippen LogP contribution in [0.3, 0.4) is 0 Å². The fourth-order valence-corrected chi connectivity index (χ4v) is 1.96. The van der Waals surface area contributed by atoms with Crippen LogP contribution >= 0.6 is 0 Å². The third kappa shape index (κ3) is 2.26. The predicted molar refractivity (Wildman–Crippen MR) is 66.9 cm³/mol. The highest BCUT2D eigenvalue weighted by Gasteiger charge is 2.31. The molecule has 0 saturated heterocycles. The van der Waals surface area contributed by atoms with Gasteiger partial charge in [0.2, 0.25) is 0 Å². The van der Waals surface area contributed by atoms with Gasteiger partial charge in [-0.3, -0.25) is 0 Å². The van der Waals surface area contributed by atoms with Crippen LogP contribution in [-0.4, -0.2) is 30.1 Å². The summed E-state index contributed by atoms with van der Waals surface area (Å²) < 4.78 is 0. The number of nitrogens with zero attached hydrogens (tertiary/aromatic N) is 3. The first kappa shape index (κ1) is 11.2. The van der Waals surface area contributed by atoms with Crippen molar-refractivity contribution < 1.29 is 0 Å². The van der Waals surface area contributed by atoms with Gasteiger partial charge in [-0.05, 0) is 32.6 Å². The van der Waals surface area contributed by atoms with Crippen LogP contribution in [0.2, 0.25) is 0 Å². The van der Waals surface area contributed by atoms with Gasteiger partial charge in [0.15, 0.2) is 0 Å². The van der Waals surface area contributed by atoms with Crippen molar-refractivity contribution >= 4 is 11.6 Å². The van der Waals surface area contributed by atoms with Gasteiger partial charge in [-0.15, -0.1) is 0 Å². The van der Waals surface area contributed by atoms with Crippen LogP contribution in [0, 0.1) is 12.8 Å². The topological polar surface area (TPSA) is 41.0 Å². The number of hydrogen-bond acceptors (Lipinski definition) is 4. The lowest BCUT2D eigenvalue weighted by Gasteiger charge is -2.26. The number of aryl methyl sites for hydroxylation is 1. The zero-order chi connectivity index (χ0) is 11.7. The maximum absolute atomic E-state index is 4.49. The van der Waals surface area contributed by atoms with Gasteiger partial charge in [0.1, 0.15) is 17.5 Å². The Hall–Kier alpha value is -1.32. The van der Waals surface area contributed by atoms with Crippen LogP contribution in [-0.2, 0) is 0 Å². The molecule has 0 aromatic carbocycles. The second kappa shape index (κ2) is 4.28. The summed E-state index contributed by atoms with van der Waals surface area (Å²) in [6.07, 6.45) is 2.71. The lowest BCUT2D eigenvalue weighted by atomic mass is 10.2. The molecule has 1 aliphatic rings. The maximum Gasteiger partial charge on any atom is 0.134 e. The van der Waals surface area contributed by atoms with Crippen molar-refractivity contribution in [2.75, 3.05) is 24.3 Å². The highest BCUT2D eigenvalue weighted by atomic mass is 15.2. The zero-order valence-electron chi connectivity index (χ0n) is 10.5. The molecule has 1 atom stereocenters. The Morgan fingerprint density at radius 2 is 2.12 bits per heavy atom. The zero-order valence-corrected chi connectivity index (χ0v) is 10.5. The van der Waals surface area contributed by atoms with E-state index in [4.69, 9.17) is 0 Å². The van der Waals surface area contributed by atoms with E-state index in [1.165, 1.54) is 12.8 Å². The highest BCUT2D eigenvalue weighted by molar-refractivity contribution is 5.49. The molecule has 0 aliphatic heterocycles. The van der Waals surface area contributed by atoms with Gasteiger partial charge in [0.05, 0.1) is 0 Å². The standard InChI is InChI=1S/C12H20N4/c1-8(10-5-6-10)16(4)12-7-11(13-3)14-9(2)15-12/h7-8,10H,5-6H2,1-4H3,(H,13,14,15). The van der Waals surface area contributed by atoms with Crippen molar-refractivity contribution in [3.8, 4) is 0 Å². The first-order chi connectivity index (χ1) is 7.61. The van der Waals surface area contributed by atoms with Gasteiger partial charge in [0, 0.05) is 26.2 Å². The molecule has 1 aliphatic carbocycles. The van der Waals surface area contributed by atoms with E-state index in [0.717, 1.165) is 23.4 Å². The third-order valence-corrected chi connectivity index (χ3v) is 3.36. The number of aromatic nitrogens is 2. The Morgan fingerprint density at radius 1 is 1.44 bits per heavy atom. The molecule has 1 heterocycles. The summed E-state index contributed by atoms with van der Waals surface area (Å²) in [5.74, 6) is 3.56. The first-order valence-corrected chi connectivity index (χ1v) is 5.88. The van der Waals surface area contributed by atoms with E-state index in [1.54, 1.807) is 0 Å². The summed E-state index contributed by atoms with van der Waals surface area (Å²) in [5, 5.41) is 3.07. The molecule has 0 bridgehead atoms. The molecule has 0 radical (unpaired) electrons. The molecular formula is C12H20N4. The van der Waals surface area contributed by atoms with Crippen LogP contribution in [0.15, 0.2) is 6.07 Å². The molecule has 1 N–H and O–H groups in total. The van der Waals surface area contributed by atoms with Gasteiger partial charge >= 0.3 is 0 Å². The average Bonchev–Trinajstić information content (AvgIpc) is 3.10. The molecule has 4 nitrogen and oxygen atoms in total. The van der Waals surface area contributed by atoms with Crippen molar-refractivity contribution in [2.24, 2.45) is 5.92 Å². The van der Waals surface area contributed by atoms with Crippen molar-refractivity contribution in [3.63, 3.8) is 0 Å². The number of rotatable bonds is 4. The highest BCUT2D eigenvalue weighted by Crippen LogP contribution is 2.36. The van der Waals surface area contributed by atoms with E-state index in [0.29, 0.717) is 6.04 Å². The summed E-state index contributed by atoms with van der Waals surface area (Å²) in [4.78, 5) is 11.1. The van der Waals surface area contributed by atoms with E-state index in [-0.39, 0.29) is 0 Å². The maximum atomic E-state index is 4.49. The summed E-state index contributed by atoms with van der Waals surface area (Å²) in [5.41, 5.74) is 0. The molecule has 1 unspecified atom stereocenters. The van der Waals surface area contributed by atoms with Crippen LogP contribution in [0.25, 0.3) is 0 Å². The summed E-state index contributed by atoms with van der Waals surface area (Å²) in [6.45, 7) is 4.20. The Morgan fingerprint density at radius 3 is 2.69 bits per heavy atom. The van der Waals surface area contributed by atoms with E-state index in [2.05, 4.69) is 34.2 Å². The Balaban J connectivity index is 2.20. The Bertz CT molecular complexity index is 373. The fraction of sp³-hybridized carbons (Fsp3) is 0.667. The van der Waals surface area contributed by atoms with Crippen molar-refractivity contribution in [3.05, 3.63) is 11.9 Å². The normalized spacial score (nSPS) is 17.0. The minimum absolute atomic E-state index is 0.569. The molecule has 1 fully saturated rings. The first-order valence-electron chi connectivity index (χ1n) is 5.88. The molecule has 0 spiro atoms. The number of hydrogen-bond donors (Lipinski definition) is 1. The minimum atomic E-state index is 0.569. The van der Waals surface area contributed by atoms with E-state index >= 15 is 0 Å². The van der Waals surface area contributed by atoms with E-state index in [9.17, 15) is 0 Å². The second-order valence-electron chi connectivity index (χ2n) is 4.60. The van der Waals surface area contributed by atoms with E-state index < -0.39 is 0 Å². The van der Waals surface area contributed by atoms with Crippen LogP contribution in [0.1, 0.15) is 25.6 Å². The summed E-state index contributed by atoms with van der Waals surface area (Å²) >= 11 is 0. The number of anilines is 2. The van der Waals surface area contributed by atoms with Crippen molar-refractivity contribution in [2.45, 2.75) is 32.7 Å². The van der Waals surface area contributed by atoms with E-state index in [1.807, 2.05) is 20.0 Å². The third-order valence-electron chi connectivity index (χ3n) is 3.36. The van der Waals surface area contributed by atoms with Gasteiger partial charge in [-0.2, -0.15) is 0 Å². The SMILES string of the molecule is CNc1cc(N(C)C(C)C2CC2)nc(C)n1. The molecule has 1 aromatic rings. The average molecular weight is 220 g/mol. The lowest BCUT2D eigenvalue weighted by molar-refractivity contribution is 0.603. The Labute approximate surface area is 97.1 Å². The van der Waals surface area contributed by atoms with Gasteiger partial charge in [0.25, 0.3) is 0 Å². The van der Waals surface area contributed by atoms with Gasteiger partial charge in [-0.1, -0.05) is 0 Å². The lowest BCUT2D eigenvalue weighted by Crippen LogP contribution is -2.31. The smallest absolute Gasteiger partial charge is 0.134 e. The predicted octanol–water partition coefficient (Wildman–Crippen LogP) is 2.06.